The number of aryl methyl sites for hydroxylation is 1. The zero-order chi connectivity index (χ0) is 18.2. The Hall–Kier alpha value is -3.14. The van der Waals surface area contributed by atoms with Gasteiger partial charge >= 0.3 is 0 Å². The predicted molar refractivity (Wildman–Crippen MR) is 105 cm³/mol. The highest BCUT2D eigenvalue weighted by atomic mass is 16.1. The molecule has 0 fully saturated rings. The summed E-state index contributed by atoms with van der Waals surface area (Å²) in [5.74, 6) is -0.147. The smallest absolute Gasteiger partial charge is 0.269 e. The number of carbonyl (C=O) groups excluding carboxylic acids is 1. The molecule has 3 rings (SSSR count). The first-order chi connectivity index (χ1) is 12.7. The largest absolute Gasteiger partial charge is 0.380 e. The van der Waals surface area contributed by atoms with Crippen LogP contribution in [0.3, 0.4) is 0 Å². The van der Waals surface area contributed by atoms with E-state index >= 15 is 0 Å². The number of hydrogen-bond donors (Lipinski definition) is 2. The fourth-order valence-corrected chi connectivity index (χ4v) is 2.60. The number of anilines is 1. The molecule has 132 valence electrons. The lowest BCUT2D eigenvalue weighted by Gasteiger charge is -2.08. The van der Waals surface area contributed by atoms with Gasteiger partial charge in [-0.3, -0.25) is 4.79 Å². The van der Waals surface area contributed by atoms with Crippen LogP contribution in [-0.2, 0) is 13.0 Å². The maximum absolute atomic E-state index is 12.2. The standard InChI is InChI=1S/C22H23N3O/c1-17-7-9-19(10-8-17)15-24-20-11-12-21(25-16-20)22(26)23-14-13-18-5-3-2-4-6-18/h2-12,16,24H,13-15H2,1H3,(H,23,26). The number of hydrogen-bond acceptors (Lipinski definition) is 3. The molecule has 1 amide bonds. The van der Waals surface area contributed by atoms with Crippen molar-refractivity contribution >= 4 is 11.6 Å². The zero-order valence-corrected chi connectivity index (χ0v) is 14.9. The summed E-state index contributed by atoms with van der Waals surface area (Å²) in [6, 6.07) is 22.1. The molecular weight excluding hydrogens is 322 g/mol. The third-order valence-corrected chi connectivity index (χ3v) is 4.16. The Morgan fingerprint density at radius 1 is 0.923 bits per heavy atom. The van der Waals surface area contributed by atoms with Crippen LogP contribution in [0, 0.1) is 6.92 Å². The zero-order valence-electron chi connectivity index (χ0n) is 14.9. The van der Waals surface area contributed by atoms with Crippen LogP contribution in [0.2, 0.25) is 0 Å². The van der Waals surface area contributed by atoms with Crippen LogP contribution in [0.1, 0.15) is 27.2 Å². The summed E-state index contributed by atoms with van der Waals surface area (Å²) in [4.78, 5) is 16.4. The topological polar surface area (TPSA) is 54.0 Å². The van der Waals surface area contributed by atoms with Crippen LogP contribution in [0.5, 0.6) is 0 Å². The maximum atomic E-state index is 12.2. The minimum Gasteiger partial charge on any atom is -0.380 e. The molecule has 0 saturated carbocycles. The third kappa shape index (κ3) is 5.18. The minimum atomic E-state index is -0.147. The lowest BCUT2D eigenvalue weighted by atomic mass is 10.1. The minimum absolute atomic E-state index is 0.147. The highest BCUT2D eigenvalue weighted by Crippen LogP contribution is 2.10. The van der Waals surface area contributed by atoms with Gasteiger partial charge in [0.25, 0.3) is 5.91 Å². The highest BCUT2D eigenvalue weighted by molar-refractivity contribution is 5.92. The van der Waals surface area contributed by atoms with E-state index in [9.17, 15) is 4.79 Å². The molecule has 26 heavy (non-hydrogen) atoms. The molecule has 0 unspecified atom stereocenters. The first-order valence-corrected chi connectivity index (χ1v) is 8.78. The van der Waals surface area contributed by atoms with Gasteiger partial charge in [-0.1, -0.05) is 60.2 Å². The van der Waals surface area contributed by atoms with E-state index in [1.807, 2.05) is 24.3 Å². The molecule has 0 atom stereocenters. The Labute approximate surface area is 154 Å². The van der Waals surface area contributed by atoms with Crippen molar-refractivity contribution in [2.45, 2.75) is 19.9 Å². The van der Waals surface area contributed by atoms with E-state index in [1.54, 1.807) is 12.3 Å². The normalized spacial score (nSPS) is 10.3. The molecule has 2 N–H and O–H groups in total. The van der Waals surface area contributed by atoms with Crippen molar-refractivity contribution in [3.63, 3.8) is 0 Å². The van der Waals surface area contributed by atoms with Crippen LogP contribution in [-0.4, -0.2) is 17.4 Å². The molecular formula is C22H23N3O. The molecule has 0 aliphatic heterocycles. The van der Waals surface area contributed by atoms with Gasteiger partial charge < -0.3 is 10.6 Å². The van der Waals surface area contributed by atoms with E-state index in [-0.39, 0.29) is 5.91 Å². The summed E-state index contributed by atoms with van der Waals surface area (Å²) >= 11 is 0. The SMILES string of the molecule is Cc1ccc(CNc2ccc(C(=O)NCCc3ccccc3)nc2)cc1. The third-order valence-electron chi connectivity index (χ3n) is 4.16. The van der Waals surface area contributed by atoms with Gasteiger partial charge in [0.15, 0.2) is 0 Å². The van der Waals surface area contributed by atoms with Crippen molar-refractivity contribution in [2.24, 2.45) is 0 Å². The molecule has 0 radical (unpaired) electrons. The summed E-state index contributed by atoms with van der Waals surface area (Å²) in [6.07, 6.45) is 2.50. The molecule has 0 saturated heterocycles. The van der Waals surface area contributed by atoms with Crippen molar-refractivity contribution < 1.29 is 4.79 Å². The van der Waals surface area contributed by atoms with Gasteiger partial charge in [-0.05, 0) is 36.6 Å². The lowest BCUT2D eigenvalue weighted by molar-refractivity contribution is 0.0949. The van der Waals surface area contributed by atoms with Crippen molar-refractivity contribution in [3.05, 3.63) is 95.3 Å². The number of rotatable bonds is 7. The first-order valence-electron chi connectivity index (χ1n) is 8.78. The molecule has 0 aliphatic rings. The fourth-order valence-electron chi connectivity index (χ4n) is 2.60. The summed E-state index contributed by atoms with van der Waals surface area (Å²) in [7, 11) is 0. The van der Waals surface area contributed by atoms with Crippen molar-refractivity contribution in [1.82, 2.24) is 10.3 Å². The van der Waals surface area contributed by atoms with Gasteiger partial charge in [-0.15, -0.1) is 0 Å². The van der Waals surface area contributed by atoms with E-state index in [4.69, 9.17) is 0 Å². The maximum Gasteiger partial charge on any atom is 0.269 e. The number of nitrogens with one attached hydrogen (secondary N) is 2. The van der Waals surface area contributed by atoms with E-state index in [0.29, 0.717) is 12.2 Å². The second kappa shape index (κ2) is 8.81. The summed E-state index contributed by atoms with van der Waals surface area (Å²) in [6.45, 7) is 3.40. The first kappa shape index (κ1) is 17.7. The van der Waals surface area contributed by atoms with Gasteiger partial charge in [0.05, 0.1) is 11.9 Å². The van der Waals surface area contributed by atoms with Crippen molar-refractivity contribution in [2.75, 3.05) is 11.9 Å². The number of nitrogens with zero attached hydrogens (tertiary/aromatic N) is 1. The van der Waals surface area contributed by atoms with Crippen LogP contribution in [0.15, 0.2) is 72.9 Å². The number of amides is 1. The Bertz CT molecular complexity index is 828. The number of benzene rings is 2. The number of aromatic nitrogens is 1. The van der Waals surface area contributed by atoms with Crippen LogP contribution >= 0.6 is 0 Å². The van der Waals surface area contributed by atoms with Gasteiger partial charge in [0, 0.05) is 13.1 Å². The van der Waals surface area contributed by atoms with Crippen molar-refractivity contribution in [3.8, 4) is 0 Å². The average Bonchev–Trinajstić information content (AvgIpc) is 2.69. The molecule has 0 bridgehead atoms. The molecule has 0 spiro atoms. The van der Waals surface area contributed by atoms with E-state index in [0.717, 1.165) is 18.7 Å². The predicted octanol–water partition coefficient (Wildman–Crippen LogP) is 3.97. The second-order valence-electron chi connectivity index (χ2n) is 6.26. The van der Waals surface area contributed by atoms with Gasteiger partial charge in [-0.2, -0.15) is 0 Å². The van der Waals surface area contributed by atoms with Crippen LogP contribution in [0.4, 0.5) is 5.69 Å². The summed E-state index contributed by atoms with van der Waals surface area (Å²) in [5.41, 5.74) is 4.98. The highest BCUT2D eigenvalue weighted by Gasteiger charge is 2.06. The van der Waals surface area contributed by atoms with E-state index in [2.05, 4.69) is 58.9 Å². The quantitative estimate of drug-likeness (QED) is 0.681. The van der Waals surface area contributed by atoms with Gasteiger partial charge in [0.2, 0.25) is 0 Å². The Morgan fingerprint density at radius 3 is 2.38 bits per heavy atom. The van der Waals surface area contributed by atoms with Gasteiger partial charge in [-0.25, -0.2) is 4.98 Å². The monoisotopic (exact) mass is 345 g/mol. The molecule has 2 aromatic carbocycles. The van der Waals surface area contributed by atoms with E-state index < -0.39 is 0 Å². The molecule has 3 aromatic rings. The molecule has 4 heteroatoms. The average molecular weight is 345 g/mol. The number of pyridine rings is 1. The Morgan fingerprint density at radius 2 is 1.69 bits per heavy atom. The van der Waals surface area contributed by atoms with Crippen LogP contribution in [0.25, 0.3) is 0 Å². The molecule has 4 nitrogen and oxygen atoms in total. The molecule has 0 aliphatic carbocycles. The second-order valence-corrected chi connectivity index (χ2v) is 6.26. The molecule has 1 aromatic heterocycles. The Kier molecular flexibility index (Phi) is 5.99. The summed E-state index contributed by atoms with van der Waals surface area (Å²) < 4.78 is 0. The van der Waals surface area contributed by atoms with Gasteiger partial charge in [0.1, 0.15) is 5.69 Å². The fraction of sp³-hybridized carbons (Fsp3) is 0.182. The summed E-state index contributed by atoms with van der Waals surface area (Å²) in [5, 5.41) is 6.23. The number of carbonyl (C=O) groups is 1. The lowest BCUT2D eigenvalue weighted by Crippen LogP contribution is -2.26. The van der Waals surface area contributed by atoms with E-state index in [1.165, 1.54) is 16.7 Å². The Balaban J connectivity index is 1.47. The molecule has 1 heterocycles. The van der Waals surface area contributed by atoms with Crippen LogP contribution < -0.4 is 10.6 Å². The van der Waals surface area contributed by atoms with Crippen molar-refractivity contribution in [1.29, 1.82) is 0 Å².